The minimum absolute atomic E-state index is 0.299. The van der Waals surface area contributed by atoms with Crippen molar-refractivity contribution < 1.29 is 4.39 Å². The molecule has 0 spiro atoms. The van der Waals surface area contributed by atoms with Gasteiger partial charge in [-0.3, -0.25) is 0 Å². The molecule has 2 rings (SSSR count). The average molecular weight is 203 g/mol. The number of nitrogens with zero attached hydrogens (tertiary/aromatic N) is 2. The third-order valence-corrected chi connectivity index (χ3v) is 2.08. The van der Waals surface area contributed by atoms with Gasteiger partial charge in [-0.05, 0) is 24.3 Å². The molecule has 0 atom stereocenters. The summed E-state index contributed by atoms with van der Waals surface area (Å²) >= 11 is 0. The van der Waals surface area contributed by atoms with E-state index in [9.17, 15) is 4.39 Å². The van der Waals surface area contributed by atoms with Gasteiger partial charge in [0.2, 0.25) is 0 Å². The van der Waals surface area contributed by atoms with Crippen LogP contribution < -0.4 is 5.73 Å². The first-order chi connectivity index (χ1) is 7.31. The summed E-state index contributed by atoms with van der Waals surface area (Å²) < 4.78 is 13.4. The Morgan fingerprint density at radius 3 is 2.47 bits per heavy atom. The molecule has 76 valence electrons. The fraction of sp³-hybridized carbons (Fsp3) is 0.0909. The monoisotopic (exact) mass is 203 g/mol. The molecule has 0 radical (unpaired) electrons. The Morgan fingerprint density at radius 1 is 1.07 bits per heavy atom. The first-order valence-electron chi connectivity index (χ1n) is 4.59. The molecule has 15 heavy (non-hydrogen) atoms. The van der Waals surface area contributed by atoms with E-state index in [4.69, 9.17) is 5.73 Å². The number of aromatic nitrogens is 2. The zero-order chi connectivity index (χ0) is 10.7. The fourth-order valence-electron chi connectivity index (χ4n) is 1.28. The maximum absolute atomic E-state index is 13.4. The van der Waals surface area contributed by atoms with Crippen LogP contribution in [-0.4, -0.2) is 10.2 Å². The quantitative estimate of drug-likeness (QED) is 0.808. The molecule has 0 saturated carbocycles. The van der Waals surface area contributed by atoms with Crippen molar-refractivity contribution in [1.29, 1.82) is 0 Å². The van der Waals surface area contributed by atoms with Gasteiger partial charge < -0.3 is 5.73 Å². The normalized spacial score (nSPS) is 10.3. The van der Waals surface area contributed by atoms with E-state index in [0.29, 0.717) is 23.5 Å². The molecule has 1 aromatic heterocycles. The summed E-state index contributed by atoms with van der Waals surface area (Å²) in [5.74, 6) is -0.299. The Bertz CT molecular complexity index is 454. The molecule has 0 aliphatic carbocycles. The van der Waals surface area contributed by atoms with Gasteiger partial charge in [0.15, 0.2) is 0 Å². The predicted octanol–water partition coefficient (Wildman–Crippen LogP) is 1.74. The van der Waals surface area contributed by atoms with Crippen LogP contribution >= 0.6 is 0 Å². The van der Waals surface area contributed by atoms with Gasteiger partial charge in [-0.15, -0.1) is 0 Å². The van der Waals surface area contributed by atoms with Crippen molar-refractivity contribution >= 4 is 0 Å². The molecule has 1 heterocycles. The molecule has 0 fully saturated rings. The summed E-state index contributed by atoms with van der Waals surface area (Å²) in [4.78, 5) is 0. The topological polar surface area (TPSA) is 51.8 Å². The van der Waals surface area contributed by atoms with Crippen LogP contribution in [0.25, 0.3) is 11.3 Å². The minimum atomic E-state index is -0.299. The zero-order valence-corrected chi connectivity index (χ0v) is 8.02. The van der Waals surface area contributed by atoms with Crippen molar-refractivity contribution in [3.05, 3.63) is 47.9 Å². The molecule has 0 aliphatic rings. The van der Waals surface area contributed by atoms with Crippen LogP contribution in [0.1, 0.15) is 5.69 Å². The van der Waals surface area contributed by atoms with Gasteiger partial charge in [0.05, 0.1) is 11.4 Å². The maximum Gasteiger partial charge on any atom is 0.132 e. The van der Waals surface area contributed by atoms with Crippen LogP contribution in [0, 0.1) is 5.82 Å². The van der Waals surface area contributed by atoms with Crippen LogP contribution in [0.4, 0.5) is 4.39 Å². The van der Waals surface area contributed by atoms with E-state index in [1.807, 2.05) is 0 Å². The first kappa shape index (κ1) is 9.73. The molecule has 1 aromatic carbocycles. The summed E-state index contributed by atoms with van der Waals surface area (Å²) in [6.45, 7) is 0.338. The Balaban J connectivity index is 2.42. The second-order valence-corrected chi connectivity index (χ2v) is 3.09. The highest BCUT2D eigenvalue weighted by Gasteiger charge is 2.05. The zero-order valence-electron chi connectivity index (χ0n) is 8.02. The molecule has 0 bridgehead atoms. The van der Waals surface area contributed by atoms with Crippen LogP contribution in [0.15, 0.2) is 36.4 Å². The molecule has 4 heteroatoms. The number of rotatable bonds is 2. The van der Waals surface area contributed by atoms with Gasteiger partial charge in [0, 0.05) is 12.1 Å². The van der Waals surface area contributed by atoms with Crippen LogP contribution in [0.2, 0.25) is 0 Å². The fourth-order valence-corrected chi connectivity index (χ4v) is 1.28. The standard InChI is InChI=1S/C11H10FN3/c12-10-4-2-1-3-9(10)11-6-5-8(7-13)14-15-11/h1-6H,7,13H2. The van der Waals surface area contributed by atoms with E-state index in [1.54, 1.807) is 30.3 Å². The second-order valence-electron chi connectivity index (χ2n) is 3.09. The molecule has 0 unspecified atom stereocenters. The molecule has 0 aliphatic heterocycles. The third-order valence-electron chi connectivity index (χ3n) is 2.08. The van der Waals surface area contributed by atoms with E-state index in [0.717, 1.165) is 0 Å². The van der Waals surface area contributed by atoms with E-state index in [-0.39, 0.29) is 5.82 Å². The average Bonchev–Trinajstić information content (AvgIpc) is 2.30. The first-order valence-corrected chi connectivity index (χ1v) is 4.59. The Labute approximate surface area is 86.8 Å². The van der Waals surface area contributed by atoms with E-state index < -0.39 is 0 Å². The van der Waals surface area contributed by atoms with Crippen LogP contribution in [0.3, 0.4) is 0 Å². The van der Waals surface area contributed by atoms with Crippen LogP contribution in [-0.2, 0) is 6.54 Å². The van der Waals surface area contributed by atoms with Crippen molar-refractivity contribution in [3.63, 3.8) is 0 Å². The molecule has 0 saturated heterocycles. The van der Waals surface area contributed by atoms with Crippen molar-refractivity contribution in [1.82, 2.24) is 10.2 Å². The van der Waals surface area contributed by atoms with E-state index in [2.05, 4.69) is 10.2 Å². The lowest BCUT2D eigenvalue weighted by atomic mass is 10.1. The van der Waals surface area contributed by atoms with Gasteiger partial charge in [-0.1, -0.05) is 12.1 Å². The van der Waals surface area contributed by atoms with Gasteiger partial charge in [0.1, 0.15) is 5.82 Å². The Hall–Kier alpha value is -1.81. The number of nitrogens with two attached hydrogens (primary N) is 1. The number of hydrogen-bond donors (Lipinski definition) is 1. The van der Waals surface area contributed by atoms with Gasteiger partial charge >= 0.3 is 0 Å². The lowest BCUT2D eigenvalue weighted by molar-refractivity contribution is 0.630. The van der Waals surface area contributed by atoms with Crippen molar-refractivity contribution in [3.8, 4) is 11.3 Å². The smallest absolute Gasteiger partial charge is 0.132 e. The third kappa shape index (κ3) is 1.99. The molecular weight excluding hydrogens is 193 g/mol. The summed E-state index contributed by atoms with van der Waals surface area (Å²) in [5.41, 5.74) is 7.05. The SMILES string of the molecule is NCc1ccc(-c2ccccc2F)nn1. The number of benzene rings is 1. The lowest BCUT2D eigenvalue weighted by Gasteiger charge is -2.01. The highest BCUT2D eigenvalue weighted by molar-refractivity contribution is 5.58. The Kier molecular flexibility index (Phi) is 2.69. The van der Waals surface area contributed by atoms with Crippen molar-refractivity contribution in [2.75, 3.05) is 0 Å². The minimum Gasteiger partial charge on any atom is -0.325 e. The predicted molar refractivity (Wildman–Crippen MR) is 55.3 cm³/mol. The molecule has 2 aromatic rings. The number of halogens is 1. The second kappa shape index (κ2) is 4.14. The van der Waals surface area contributed by atoms with E-state index >= 15 is 0 Å². The van der Waals surface area contributed by atoms with Crippen molar-refractivity contribution in [2.24, 2.45) is 5.73 Å². The van der Waals surface area contributed by atoms with E-state index in [1.165, 1.54) is 6.07 Å². The summed E-state index contributed by atoms with van der Waals surface area (Å²) in [5, 5.41) is 7.78. The van der Waals surface area contributed by atoms with Gasteiger partial charge in [-0.2, -0.15) is 10.2 Å². The summed E-state index contributed by atoms with van der Waals surface area (Å²) in [6, 6.07) is 9.93. The summed E-state index contributed by atoms with van der Waals surface area (Å²) in [7, 11) is 0. The van der Waals surface area contributed by atoms with Crippen LogP contribution in [0.5, 0.6) is 0 Å². The summed E-state index contributed by atoms with van der Waals surface area (Å²) in [6.07, 6.45) is 0. The molecular formula is C11H10FN3. The molecule has 3 nitrogen and oxygen atoms in total. The molecule has 0 amide bonds. The lowest BCUT2D eigenvalue weighted by Crippen LogP contribution is -2.01. The van der Waals surface area contributed by atoms with Gasteiger partial charge in [0.25, 0.3) is 0 Å². The highest BCUT2D eigenvalue weighted by atomic mass is 19.1. The highest BCUT2D eigenvalue weighted by Crippen LogP contribution is 2.19. The molecule has 2 N–H and O–H groups in total. The van der Waals surface area contributed by atoms with Gasteiger partial charge in [-0.25, -0.2) is 4.39 Å². The maximum atomic E-state index is 13.4. The Morgan fingerprint density at radius 2 is 1.87 bits per heavy atom. The number of hydrogen-bond acceptors (Lipinski definition) is 3. The largest absolute Gasteiger partial charge is 0.325 e. The van der Waals surface area contributed by atoms with Crippen molar-refractivity contribution in [2.45, 2.75) is 6.54 Å².